The zero-order valence-electron chi connectivity index (χ0n) is 12.2. The Kier molecular flexibility index (Phi) is 3.94. The molecule has 2 unspecified atom stereocenters. The van der Waals surface area contributed by atoms with Crippen LogP contribution in [0.15, 0.2) is 16.7 Å². The van der Waals surface area contributed by atoms with Crippen LogP contribution in [0.2, 0.25) is 0 Å². The number of hydrogen-bond acceptors (Lipinski definition) is 3. The molecule has 0 radical (unpaired) electrons. The van der Waals surface area contributed by atoms with Crippen molar-refractivity contribution < 1.29 is 4.42 Å². The van der Waals surface area contributed by atoms with Gasteiger partial charge in [-0.25, -0.2) is 0 Å². The van der Waals surface area contributed by atoms with E-state index in [9.17, 15) is 0 Å². The lowest BCUT2D eigenvalue weighted by Crippen LogP contribution is -2.38. The van der Waals surface area contributed by atoms with Crippen LogP contribution in [0, 0.1) is 11.8 Å². The third kappa shape index (κ3) is 3.61. The molecule has 1 aromatic rings. The van der Waals surface area contributed by atoms with Gasteiger partial charge in [0.25, 0.3) is 0 Å². The molecule has 0 spiro atoms. The number of likely N-dealkylation sites (tertiary alicyclic amines) is 1. The van der Waals surface area contributed by atoms with Crippen LogP contribution < -0.4 is 5.32 Å². The summed E-state index contributed by atoms with van der Waals surface area (Å²) in [5, 5.41) is 3.58. The molecule has 3 rings (SSSR count). The molecule has 0 amide bonds. The minimum atomic E-state index is 0.762. The van der Waals surface area contributed by atoms with Crippen LogP contribution in [0.4, 0.5) is 0 Å². The molecule has 2 fully saturated rings. The van der Waals surface area contributed by atoms with Crippen molar-refractivity contribution in [2.24, 2.45) is 11.8 Å². The molecule has 1 saturated heterocycles. The van der Waals surface area contributed by atoms with Gasteiger partial charge in [0.1, 0.15) is 5.76 Å². The van der Waals surface area contributed by atoms with Gasteiger partial charge >= 0.3 is 0 Å². The van der Waals surface area contributed by atoms with Gasteiger partial charge in [0.15, 0.2) is 0 Å². The molecule has 2 atom stereocenters. The molecule has 1 aliphatic carbocycles. The maximum Gasteiger partial charge on any atom is 0.122 e. The Bertz CT molecular complexity index is 401. The fraction of sp³-hybridized carbons (Fsp3) is 0.750. The molecule has 1 aliphatic heterocycles. The van der Waals surface area contributed by atoms with E-state index in [2.05, 4.69) is 30.1 Å². The topological polar surface area (TPSA) is 28.4 Å². The van der Waals surface area contributed by atoms with Crippen molar-refractivity contribution in [3.05, 3.63) is 23.7 Å². The maximum absolute atomic E-state index is 5.71. The second kappa shape index (κ2) is 5.68. The van der Waals surface area contributed by atoms with Gasteiger partial charge in [-0.05, 0) is 37.2 Å². The van der Waals surface area contributed by atoms with Crippen molar-refractivity contribution in [2.45, 2.75) is 52.2 Å². The summed E-state index contributed by atoms with van der Waals surface area (Å²) in [4.78, 5) is 2.55. The van der Waals surface area contributed by atoms with E-state index in [-0.39, 0.29) is 0 Å². The smallest absolute Gasteiger partial charge is 0.122 e. The van der Waals surface area contributed by atoms with Crippen LogP contribution in [0.3, 0.4) is 0 Å². The van der Waals surface area contributed by atoms with Gasteiger partial charge < -0.3 is 9.73 Å². The third-order valence-corrected chi connectivity index (χ3v) is 4.31. The van der Waals surface area contributed by atoms with E-state index in [1.165, 1.54) is 37.9 Å². The average Bonchev–Trinajstić information content (AvgIpc) is 3.07. The molecular weight excluding hydrogens is 236 g/mol. The number of furan rings is 1. The van der Waals surface area contributed by atoms with E-state index in [0.29, 0.717) is 0 Å². The standard InChI is InChI=1S/C16H26N2O/c1-12-7-13(2)10-18(9-12)11-16-14(5-6-19-16)8-17-15-3-4-15/h5-6,12-13,15,17H,3-4,7-11H2,1-2H3. The summed E-state index contributed by atoms with van der Waals surface area (Å²) in [5.74, 6) is 2.79. The fourth-order valence-corrected chi connectivity index (χ4v) is 3.33. The summed E-state index contributed by atoms with van der Waals surface area (Å²) in [6.07, 6.45) is 5.89. The van der Waals surface area contributed by atoms with Gasteiger partial charge in [-0.1, -0.05) is 13.8 Å². The van der Waals surface area contributed by atoms with E-state index in [0.717, 1.165) is 36.7 Å². The van der Waals surface area contributed by atoms with Crippen molar-refractivity contribution in [1.29, 1.82) is 0 Å². The average molecular weight is 262 g/mol. The lowest BCUT2D eigenvalue weighted by atomic mass is 9.92. The first-order valence-electron chi connectivity index (χ1n) is 7.71. The lowest BCUT2D eigenvalue weighted by Gasteiger charge is -2.34. The lowest BCUT2D eigenvalue weighted by molar-refractivity contribution is 0.125. The van der Waals surface area contributed by atoms with Gasteiger partial charge in [0, 0.05) is 31.2 Å². The van der Waals surface area contributed by atoms with Crippen molar-refractivity contribution in [3.63, 3.8) is 0 Å². The SMILES string of the molecule is CC1CC(C)CN(Cc2occc2CNC2CC2)C1. The molecule has 106 valence electrons. The Labute approximate surface area is 116 Å². The molecule has 1 N–H and O–H groups in total. The highest BCUT2D eigenvalue weighted by molar-refractivity contribution is 5.17. The zero-order valence-corrected chi connectivity index (χ0v) is 12.2. The van der Waals surface area contributed by atoms with E-state index in [1.54, 1.807) is 0 Å². The Balaban J connectivity index is 1.57. The first-order chi connectivity index (χ1) is 9.20. The van der Waals surface area contributed by atoms with Crippen LogP contribution in [-0.4, -0.2) is 24.0 Å². The van der Waals surface area contributed by atoms with Crippen LogP contribution in [0.25, 0.3) is 0 Å². The van der Waals surface area contributed by atoms with Crippen molar-refractivity contribution in [1.82, 2.24) is 10.2 Å². The minimum Gasteiger partial charge on any atom is -0.468 e. The molecule has 19 heavy (non-hydrogen) atoms. The second-order valence-corrected chi connectivity index (χ2v) is 6.66. The van der Waals surface area contributed by atoms with Gasteiger partial charge in [0.05, 0.1) is 12.8 Å². The zero-order chi connectivity index (χ0) is 13.2. The van der Waals surface area contributed by atoms with Crippen molar-refractivity contribution in [2.75, 3.05) is 13.1 Å². The molecule has 3 heteroatoms. The van der Waals surface area contributed by atoms with Crippen LogP contribution in [0.5, 0.6) is 0 Å². The van der Waals surface area contributed by atoms with E-state index in [4.69, 9.17) is 4.42 Å². The highest BCUT2D eigenvalue weighted by Crippen LogP contribution is 2.24. The first kappa shape index (κ1) is 13.2. The van der Waals surface area contributed by atoms with Crippen molar-refractivity contribution in [3.8, 4) is 0 Å². The molecule has 2 aliphatic rings. The highest BCUT2D eigenvalue weighted by atomic mass is 16.3. The number of nitrogens with zero attached hydrogens (tertiary/aromatic N) is 1. The molecular formula is C16H26N2O. The number of rotatable bonds is 5. The van der Waals surface area contributed by atoms with E-state index in [1.807, 2.05) is 6.26 Å². The molecule has 1 aromatic heterocycles. The van der Waals surface area contributed by atoms with Crippen LogP contribution in [-0.2, 0) is 13.1 Å². The fourth-order valence-electron chi connectivity index (χ4n) is 3.33. The monoisotopic (exact) mass is 262 g/mol. The van der Waals surface area contributed by atoms with E-state index >= 15 is 0 Å². The normalized spacial score (nSPS) is 28.7. The molecule has 1 saturated carbocycles. The predicted octanol–water partition coefficient (Wildman–Crippen LogP) is 3.01. The molecule has 0 aromatic carbocycles. The van der Waals surface area contributed by atoms with Crippen LogP contribution in [0.1, 0.15) is 44.4 Å². The Morgan fingerprint density at radius 2 is 2.00 bits per heavy atom. The van der Waals surface area contributed by atoms with E-state index < -0.39 is 0 Å². The highest BCUT2D eigenvalue weighted by Gasteiger charge is 2.24. The second-order valence-electron chi connectivity index (χ2n) is 6.66. The molecule has 0 bridgehead atoms. The maximum atomic E-state index is 5.71. The van der Waals surface area contributed by atoms with Crippen LogP contribution >= 0.6 is 0 Å². The third-order valence-electron chi connectivity index (χ3n) is 4.31. The predicted molar refractivity (Wildman–Crippen MR) is 76.8 cm³/mol. The number of piperidine rings is 1. The van der Waals surface area contributed by atoms with Gasteiger partial charge in [0.2, 0.25) is 0 Å². The largest absolute Gasteiger partial charge is 0.468 e. The molecule has 3 nitrogen and oxygen atoms in total. The quantitative estimate of drug-likeness (QED) is 0.884. The summed E-state index contributed by atoms with van der Waals surface area (Å²) >= 11 is 0. The van der Waals surface area contributed by atoms with Gasteiger partial charge in [-0.2, -0.15) is 0 Å². The van der Waals surface area contributed by atoms with Gasteiger partial charge in [-0.3, -0.25) is 4.90 Å². The Morgan fingerprint density at radius 1 is 1.26 bits per heavy atom. The first-order valence-corrected chi connectivity index (χ1v) is 7.71. The summed E-state index contributed by atoms with van der Waals surface area (Å²) in [6.45, 7) is 9.08. The number of hydrogen-bond donors (Lipinski definition) is 1. The van der Waals surface area contributed by atoms with Gasteiger partial charge in [-0.15, -0.1) is 0 Å². The minimum absolute atomic E-state index is 0.762. The summed E-state index contributed by atoms with van der Waals surface area (Å²) < 4.78 is 5.71. The Hall–Kier alpha value is -0.800. The summed E-state index contributed by atoms with van der Waals surface area (Å²) in [6, 6.07) is 2.89. The summed E-state index contributed by atoms with van der Waals surface area (Å²) in [7, 11) is 0. The summed E-state index contributed by atoms with van der Waals surface area (Å²) in [5.41, 5.74) is 1.35. The number of nitrogens with one attached hydrogen (secondary N) is 1. The molecule has 2 heterocycles. The van der Waals surface area contributed by atoms with Crippen molar-refractivity contribution >= 4 is 0 Å². The Morgan fingerprint density at radius 3 is 2.68 bits per heavy atom.